The molecule has 0 aliphatic carbocycles. The monoisotopic (exact) mass is 334 g/mol. The Bertz CT molecular complexity index is 544. The SMILES string of the molecule is O=CNC(CSCC(=O)Nc1ccc(F)cc1Cl)C(=O)O. The molecule has 0 radical (unpaired) electrons. The standard InChI is InChI=1S/C12H12ClFN2O4S/c13-8-3-7(14)1-2-9(8)16-11(18)5-21-4-10(12(19)20)15-6-17/h1-3,6,10H,4-5H2,(H,15,17)(H,16,18)(H,19,20). The van der Waals surface area contributed by atoms with Crippen molar-refractivity contribution in [1.29, 1.82) is 0 Å². The second kappa shape index (κ2) is 8.48. The maximum atomic E-state index is 12.8. The van der Waals surface area contributed by atoms with E-state index >= 15 is 0 Å². The lowest BCUT2D eigenvalue weighted by atomic mass is 10.3. The molecule has 0 aromatic heterocycles. The molecule has 1 unspecified atom stereocenters. The Kier molecular flexibility index (Phi) is 6.97. The second-order valence-electron chi connectivity index (χ2n) is 3.86. The van der Waals surface area contributed by atoms with Crippen LogP contribution in [0.15, 0.2) is 18.2 Å². The van der Waals surface area contributed by atoms with Crippen molar-refractivity contribution in [1.82, 2.24) is 5.32 Å². The molecule has 6 nitrogen and oxygen atoms in total. The topological polar surface area (TPSA) is 95.5 Å². The Balaban J connectivity index is 2.43. The van der Waals surface area contributed by atoms with Gasteiger partial charge in [-0.25, -0.2) is 9.18 Å². The predicted octanol–water partition coefficient (Wildman–Crippen LogP) is 1.35. The van der Waals surface area contributed by atoms with E-state index in [9.17, 15) is 18.8 Å². The van der Waals surface area contributed by atoms with Gasteiger partial charge in [0.15, 0.2) is 0 Å². The van der Waals surface area contributed by atoms with Crippen LogP contribution in [0.5, 0.6) is 0 Å². The summed E-state index contributed by atoms with van der Waals surface area (Å²) in [6.45, 7) is 0. The van der Waals surface area contributed by atoms with E-state index in [0.29, 0.717) is 0 Å². The van der Waals surface area contributed by atoms with Gasteiger partial charge in [0.25, 0.3) is 0 Å². The number of hydrogen-bond acceptors (Lipinski definition) is 4. The van der Waals surface area contributed by atoms with Gasteiger partial charge in [0.2, 0.25) is 12.3 Å². The summed E-state index contributed by atoms with van der Waals surface area (Å²) in [7, 11) is 0. The number of hydrogen-bond donors (Lipinski definition) is 3. The van der Waals surface area contributed by atoms with Gasteiger partial charge in [0.1, 0.15) is 11.9 Å². The van der Waals surface area contributed by atoms with Crippen LogP contribution in [-0.2, 0) is 14.4 Å². The van der Waals surface area contributed by atoms with Gasteiger partial charge in [0.05, 0.1) is 16.5 Å². The van der Waals surface area contributed by atoms with E-state index in [1.54, 1.807) is 0 Å². The summed E-state index contributed by atoms with van der Waals surface area (Å²) in [5, 5.41) is 13.4. The average molecular weight is 335 g/mol. The molecule has 0 aliphatic rings. The van der Waals surface area contributed by atoms with Crippen molar-refractivity contribution in [2.24, 2.45) is 0 Å². The molecule has 0 spiro atoms. The zero-order valence-electron chi connectivity index (χ0n) is 10.6. The number of halogens is 2. The van der Waals surface area contributed by atoms with Gasteiger partial charge in [-0.1, -0.05) is 11.6 Å². The first kappa shape index (κ1) is 17.3. The second-order valence-corrected chi connectivity index (χ2v) is 5.30. The van der Waals surface area contributed by atoms with Crippen molar-refractivity contribution >= 4 is 47.3 Å². The molecule has 0 bridgehead atoms. The summed E-state index contributed by atoms with van der Waals surface area (Å²) >= 11 is 6.79. The molecule has 2 amide bonds. The van der Waals surface area contributed by atoms with Crippen LogP contribution in [0.25, 0.3) is 0 Å². The Morgan fingerprint density at radius 3 is 2.76 bits per heavy atom. The Morgan fingerprint density at radius 2 is 2.19 bits per heavy atom. The molecule has 0 heterocycles. The van der Waals surface area contributed by atoms with E-state index in [0.717, 1.165) is 23.9 Å². The van der Waals surface area contributed by atoms with E-state index in [2.05, 4.69) is 10.6 Å². The molecule has 1 aromatic carbocycles. The van der Waals surface area contributed by atoms with Gasteiger partial charge in [-0.2, -0.15) is 0 Å². The lowest BCUT2D eigenvalue weighted by molar-refractivity contribution is -0.139. The normalized spacial score (nSPS) is 11.5. The first-order valence-electron chi connectivity index (χ1n) is 5.69. The van der Waals surface area contributed by atoms with Crippen molar-refractivity contribution < 1.29 is 23.9 Å². The fraction of sp³-hybridized carbons (Fsp3) is 0.250. The number of carbonyl (C=O) groups excluding carboxylic acids is 2. The van der Waals surface area contributed by atoms with Crippen molar-refractivity contribution in [3.8, 4) is 0 Å². The van der Waals surface area contributed by atoms with Crippen LogP contribution >= 0.6 is 23.4 Å². The fourth-order valence-corrected chi connectivity index (χ4v) is 2.38. The highest BCUT2D eigenvalue weighted by molar-refractivity contribution is 8.00. The van der Waals surface area contributed by atoms with Gasteiger partial charge < -0.3 is 15.7 Å². The summed E-state index contributed by atoms with van der Waals surface area (Å²) in [6, 6.07) is 2.49. The molecule has 1 rings (SSSR count). The van der Waals surface area contributed by atoms with Gasteiger partial charge in [-0.05, 0) is 18.2 Å². The molecule has 1 atom stereocenters. The average Bonchev–Trinajstić information content (AvgIpc) is 2.41. The number of benzene rings is 1. The summed E-state index contributed by atoms with van der Waals surface area (Å²) < 4.78 is 12.8. The molecule has 0 saturated carbocycles. The molecular weight excluding hydrogens is 323 g/mol. The number of carboxylic acid groups (broad SMARTS) is 1. The van der Waals surface area contributed by atoms with Crippen LogP contribution in [0.1, 0.15) is 0 Å². The Morgan fingerprint density at radius 1 is 1.48 bits per heavy atom. The number of amides is 2. The van der Waals surface area contributed by atoms with Crippen LogP contribution in [0, 0.1) is 5.82 Å². The van der Waals surface area contributed by atoms with E-state index in [4.69, 9.17) is 16.7 Å². The van der Waals surface area contributed by atoms with Crippen molar-refractivity contribution in [2.75, 3.05) is 16.8 Å². The highest BCUT2D eigenvalue weighted by Crippen LogP contribution is 2.22. The smallest absolute Gasteiger partial charge is 0.327 e. The molecule has 1 aromatic rings. The third-order valence-electron chi connectivity index (χ3n) is 2.29. The largest absolute Gasteiger partial charge is 0.480 e. The third kappa shape index (κ3) is 6.01. The van der Waals surface area contributed by atoms with Gasteiger partial charge in [0, 0.05) is 5.75 Å². The van der Waals surface area contributed by atoms with E-state index in [-0.39, 0.29) is 28.6 Å². The quantitative estimate of drug-likeness (QED) is 0.624. The number of rotatable bonds is 8. The number of nitrogens with one attached hydrogen (secondary N) is 2. The van der Waals surface area contributed by atoms with E-state index in [1.807, 2.05) is 0 Å². The number of anilines is 1. The van der Waals surface area contributed by atoms with Crippen molar-refractivity contribution in [3.05, 3.63) is 29.0 Å². The Labute approximate surface area is 129 Å². The molecule has 9 heteroatoms. The van der Waals surface area contributed by atoms with Crippen molar-refractivity contribution in [3.63, 3.8) is 0 Å². The zero-order chi connectivity index (χ0) is 15.8. The predicted molar refractivity (Wildman–Crippen MR) is 78.0 cm³/mol. The lowest BCUT2D eigenvalue weighted by Crippen LogP contribution is -2.38. The molecule has 0 saturated heterocycles. The molecule has 0 fully saturated rings. The minimum atomic E-state index is -1.18. The first-order chi connectivity index (χ1) is 9.93. The van der Waals surface area contributed by atoms with Gasteiger partial charge in [-0.3, -0.25) is 9.59 Å². The Hall–Kier alpha value is -1.80. The van der Waals surface area contributed by atoms with E-state index < -0.39 is 23.7 Å². The highest BCUT2D eigenvalue weighted by Gasteiger charge is 2.16. The minimum Gasteiger partial charge on any atom is -0.480 e. The minimum absolute atomic E-state index is 0.0297. The number of aliphatic carboxylic acids is 1. The fourth-order valence-electron chi connectivity index (χ4n) is 1.32. The van der Waals surface area contributed by atoms with Crippen molar-refractivity contribution in [2.45, 2.75) is 6.04 Å². The third-order valence-corrected chi connectivity index (χ3v) is 3.64. The van der Waals surface area contributed by atoms with Gasteiger partial charge >= 0.3 is 5.97 Å². The van der Waals surface area contributed by atoms with Crippen LogP contribution in [0.2, 0.25) is 5.02 Å². The number of thioether (sulfide) groups is 1. The molecule has 3 N–H and O–H groups in total. The molecule has 21 heavy (non-hydrogen) atoms. The maximum Gasteiger partial charge on any atom is 0.327 e. The van der Waals surface area contributed by atoms with Crippen LogP contribution in [0.4, 0.5) is 10.1 Å². The lowest BCUT2D eigenvalue weighted by Gasteiger charge is -2.11. The van der Waals surface area contributed by atoms with E-state index in [1.165, 1.54) is 6.07 Å². The summed E-state index contributed by atoms with van der Waals surface area (Å²) in [4.78, 5) is 32.6. The maximum absolute atomic E-state index is 12.8. The van der Waals surface area contributed by atoms with Crippen LogP contribution in [-0.4, -0.2) is 40.9 Å². The summed E-state index contributed by atoms with van der Waals surface area (Å²) in [5.74, 6) is -2.10. The molecule has 0 aliphatic heterocycles. The zero-order valence-corrected chi connectivity index (χ0v) is 12.2. The summed E-state index contributed by atoms with van der Waals surface area (Å²) in [5.41, 5.74) is 0.268. The van der Waals surface area contributed by atoms with Gasteiger partial charge in [-0.15, -0.1) is 11.8 Å². The highest BCUT2D eigenvalue weighted by atomic mass is 35.5. The molecule has 114 valence electrons. The summed E-state index contributed by atoms with van der Waals surface area (Å²) in [6.07, 6.45) is 0.289. The number of carboxylic acids is 1. The molecular formula is C12H12ClFN2O4S. The first-order valence-corrected chi connectivity index (χ1v) is 7.22. The van der Waals surface area contributed by atoms with Crippen LogP contribution in [0.3, 0.4) is 0 Å². The number of carbonyl (C=O) groups is 3. The van der Waals surface area contributed by atoms with Crippen LogP contribution < -0.4 is 10.6 Å².